The van der Waals surface area contributed by atoms with E-state index >= 15 is 0 Å². The van der Waals surface area contributed by atoms with Crippen molar-refractivity contribution in [3.8, 4) is 0 Å². The normalized spacial score (nSPS) is 22.6. The van der Waals surface area contributed by atoms with Gasteiger partial charge < -0.3 is 9.84 Å². The van der Waals surface area contributed by atoms with Crippen LogP contribution in [0.5, 0.6) is 0 Å². The maximum absolute atomic E-state index is 12.0. The van der Waals surface area contributed by atoms with Crippen LogP contribution in [-0.4, -0.2) is 65.7 Å². The summed E-state index contributed by atoms with van der Waals surface area (Å²) in [7, 11) is 0. The summed E-state index contributed by atoms with van der Waals surface area (Å²) in [5.41, 5.74) is -0.661. The van der Waals surface area contributed by atoms with Crippen LogP contribution in [0.15, 0.2) is 0 Å². The molecule has 2 rings (SSSR count). The average Bonchev–Trinajstić information content (AvgIpc) is 2.86. The number of likely N-dealkylation sites (tertiary alicyclic amines) is 1. The highest BCUT2D eigenvalue weighted by atomic mass is 16.6. The molecule has 0 aromatic rings. The monoisotopic (exact) mass is 284 g/mol. The molecule has 0 saturated carbocycles. The first-order valence-corrected chi connectivity index (χ1v) is 6.91. The summed E-state index contributed by atoms with van der Waals surface area (Å²) in [6, 6.07) is 0. The summed E-state index contributed by atoms with van der Waals surface area (Å²) in [6.45, 7) is 3.72. The molecule has 2 aliphatic heterocycles. The molecule has 0 bridgehead atoms. The number of hydrogen-bond donors (Lipinski definition) is 1. The molecule has 2 amide bonds. The van der Waals surface area contributed by atoms with Gasteiger partial charge in [-0.1, -0.05) is 6.92 Å². The first-order chi connectivity index (χ1) is 9.48. The number of carboxylic acids is 1. The number of hydrogen-bond acceptors (Lipinski definition) is 5. The quantitative estimate of drug-likeness (QED) is 0.811. The molecule has 2 saturated heterocycles. The molecule has 0 radical (unpaired) electrons. The SMILES string of the molecule is CCC1(C(=O)O)CCN(CC(=O)N2CCOC2=O)CC1. The van der Waals surface area contributed by atoms with E-state index in [0.29, 0.717) is 38.9 Å². The number of piperidine rings is 1. The van der Waals surface area contributed by atoms with Gasteiger partial charge in [-0.2, -0.15) is 0 Å². The molecule has 2 aliphatic rings. The zero-order valence-corrected chi connectivity index (χ0v) is 11.6. The number of nitrogens with zero attached hydrogens (tertiary/aromatic N) is 2. The summed E-state index contributed by atoms with van der Waals surface area (Å²) in [5.74, 6) is -1.03. The molecule has 112 valence electrons. The van der Waals surface area contributed by atoms with Crippen LogP contribution in [0, 0.1) is 5.41 Å². The van der Waals surface area contributed by atoms with Crippen LogP contribution in [0.3, 0.4) is 0 Å². The van der Waals surface area contributed by atoms with Crippen molar-refractivity contribution in [3.63, 3.8) is 0 Å². The Morgan fingerprint density at radius 2 is 1.95 bits per heavy atom. The Kier molecular flexibility index (Phi) is 4.27. The van der Waals surface area contributed by atoms with Crippen molar-refractivity contribution in [1.82, 2.24) is 9.80 Å². The molecule has 0 aromatic heterocycles. The van der Waals surface area contributed by atoms with E-state index in [9.17, 15) is 19.5 Å². The molecular formula is C13H20N2O5. The van der Waals surface area contributed by atoms with Gasteiger partial charge in [0.25, 0.3) is 0 Å². The van der Waals surface area contributed by atoms with Crippen molar-refractivity contribution in [3.05, 3.63) is 0 Å². The maximum atomic E-state index is 12.0. The van der Waals surface area contributed by atoms with Gasteiger partial charge >= 0.3 is 12.1 Å². The third kappa shape index (κ3) is 2.77. The van der Waals surface area contributed by atoms with Gasteiger partial charge in [0.2, 0.25) is 5.91 Å². The highest BCUT2D eigenvalue weighted by Crippen LogP contribution is 2.35. The number of cyclic esters (lactones) is 1. The molecular weight excluding hydrogens is 264 g/mol. The minimum atomic E-state index is -0.755. The molecule has 0 atom stereocenters. The van der Waals surface area contributed by atoms with Crippen molar-refractivity contribution in [1.29, 1.82) is 0 Å². The van der Waals surface area contributed by atoms with E-state index in [4.69, 9.17) is 4.74 Å². The van der Waals surface area contributed by atoms with Crippen LogP contribution < -0.4 is 0 Å². The Bertz CT molecular complexity index is 415. The van der Waals surface area contributed by atoms with Crippen LogP contribution in [0.25, 0.3) is 0 Å². The second-order valence-electron chi connectivity index (χ2n) is 5.37. The number of carboxylic acid groups (broad SMARTS) is 1. The second kappa shape index (κ2) is 5.78. The summed E-state index contributed by atoms with van der Waals surface area (Å²) in [5, 5.41) is 9.31. The zero-order valence-electron chi connectivity index (χ0n) is 11.6. The largest absolute Gasteiger partial charge is 0.481 e. The summed E-state index contributed by atoms with van der Waals surface area (Å²) >= 11 is 0. The Morgan fingerprint density at radius 3 is 2.40 bits per heavy atom. The van der Waals surface area contributed by atoms with Gasteiger partial charge in [0.1, 0.15) is 6.61 Å². The number of aliphatic carboxylic acids is 1. The first-order valence-electron chi connectivity index (χ1n) is 6.91. The first kappa shape index (κ1) is 14.8. The van der Waals surface area contributed by atoms with Gasteiger partial charge in [0, 0.05) is 0 Å². The van der Waals surface area contributed by atoms with Crippen molar-refractivity contribution in [2.24, 2.45) is 5.41 Å². The molecule has 7 nitrogen and oxygen atoms in total. The van der Waals surface area contributed by atoms with Crippen molar-refractivity contribution < 1.29 is 24.2 Å². The van der Waals surface area contributed by atoms with E-state index in [1.807, 2.05) is 11.8 Å². The third-order valence-corrected chi connectivity index (χ3v) is 4.36. The molecule has 0 spiro atoms. The Morgan fingerprint density at radius 1 is 1.30 bits per heavy atom. The average molecular weight is 284 g/mol. The highest BCUT2D eigenvalue weighted by molar-refractivity contribution is 5.94. The molecule has 2 heterocycles. The molecule has 0 aliphatic carbocycles. The molecule has 2 fully saturated rings. The Labute approximate surface area is 117 Å². The number of rotatable bonds is 4. The van der Waals surface area contributed by atoms with Crippen LogP contribution in [0.1, 0.15) is 26.2 Å². The van der Waals surface area contributed by atoms with Gasteiger partial charge in [0.05, 0.1) is 18.5 Å². The lowest BCUT2D eigenvalue weighted by Crippen LogP contribution is -2.48. The maximum Gasteiger partial charge on any atom is 0.416 e. The molecule has 1 N–H and O–H groups in total. The summed E-state index contributed by atoms with van der Waals surface area (Å²) in [4.78, 5) is 37.6. The van der Waals surface area contributed by atoms with Crippen LogP contribution >= 0.6 is 0 Å². The second-order valence-corrected chi connectivity index (χ2v) is 5.37. The Balaban J connectivity index is 1.87. The van der Waals surface area contributed by atoms with Gasteiger partial charge in [-0.05, 0) is 32.4 Å². The minimum absolute atomic E-state index is 0.147. The van der Waals surface area contributed by atoms with Gasteiger partial charge in [-0.25, -0.2) is 9.69 Å². The molecule has 0 aromatic carbocycles. The van der Waals surface area contributed by atoms with Crippen LogP contribution in [-0.2, 0) is 14.3 Å². The van der Waals surface area contributed by atoms with Crippen molar-refractivity contribution in [2.45, 2.75) is 26.2 Å². The third-order valence-electron chi connectivity index (χ3n) is 4.36. The Hall–Kier alpha value is -1.63. The van der Waals surface area contributed by atoms with E-state index < -0.39 is 17.5 Å². The molecule has 7 heteroatoms. The molecule has 20 heavy (non-hydrogen) atoms. The number of carbonyl (C=O) groups is 3. The summed E-state index contributed by atoms with van der Waals surface area (Å²) in [6.07, 6.45) is 1.09. The fraction of sp³-hybridized carbons (Fsp3) is 0.769. The predicted molar refractivity (Wildman–Crippen MR) is 69.1 cm³/mol. The topological polar surface area (TPSA) is 87.2 Å². The smallest absolute Gasteiger partial charge is 0.416 e. The van der Waals surface area contributed by atoms with Gasteiger partial charge in [-0.3, -0.25) is 14.5 Å². The lowest BCUT2D eigenvalue weighted by atomic mass is 9.76. The van der Waals surface area contributed by atoms with Crippen LogP contribution in [0.2, 0.25) is 0 Å². The fourth-order valence-electron chi connectivity index (χ4n) is 2.75. The van der Waals surface area contributed by atoms with Crippen molar-refractivity contribution in [2.75, 3.05) is 32.8 Å². The minimum Gasteiger partial charge on any atom is -0.481 e. The standard InChI is InChI=1S/C13H20N2O5/c1-2-13(11(17)18)3-5-14(6-4-13)9-10(16)15-7-8-20-12(15)19/h2-9H2,1H3,(H,17,18). The fourth-order valence-corrected chi connectivity index (χ4v) is 2.75. The van der Waals surface area contributed by atoms with Gasteiger partial charge in [-0.15, -0.1) is 0 Å². The number of amides is 2. The van der Waals surface area contributed by atoms with E-state index in [1.54, 1.807) is 0 Å². The number of ether oxygens (including phenoxy) is 1. The zero-order chi connectivity index (χ0) is 14.8. The number of imide groups is 1. The lowest BCUT2D eigenvalue weighted by molar-refractivity contribution is -0.152. The van der Waals surface area contributed by atoms with E-state index in [1.165, 1.54) is 0 Å². The van der Waals surface area contributed by atoms with Crippen molar-refractivity contribution >= 4 is 18.0 Å². The van der Waals surface area contributed by atoms with E-state index in [2.05, 4.69) is 0 Å². The predicted octanol–water partition coefficient (Wildman–Crippen LogP) is 0.542. The van der Waals surface area contributed by atoms with E-state index in [-0.39, 0.29) is 19.1 Å². The molecule has 0 unspecified atom stereocenters. The van der Waals surface area contributed by atoms with Gasteiger partial charge in [0.15, 0.2) is 0 Å². The van der Waals surface area contributed by atoms with Crippen LogP contribution in [0.4, 0.5) is 4.79 Å². The van der Waals surface area contributed by atoms with E-state index in [0.717, 1.165) is 4.90 Å². The lowest BCUT2D eigenvalue weighted by Gasteiger charge is -2.38. The summed E-state index contributed by atoms with van der Waals surface area (Å²) < 4.78 is 4.73. The number of carbonyl (C=O) groups excluding carboxylic acids is 2. The highest BCUT2D eigenvalue weighted by Gasteiger charge is 2.40.